The van der Waals surface area contributed by atoms with Gasteiger partial charge in [-0.05, 0) is 54.3 Å². The summed E-state index contributed by atoms with van der Waals surface area (Å²) in [7, 11) is 0. The van der Waals surface area contributed by atoms with Crippen molar-refractivity contribution in [3.8, 4) is 11.6 Å². The number of fused-ring (bicyclic) bond motifs is 1. The second-order valence-electron chi connectivity index (χ2n) is 8.64. The van der Waals surface area contributed by atoms with Crippen LogP contribution in [0.5, 0.6) is 11.6 Å². The van der Waals surface area contributed by atoms with Gasteiger partial charge in [0, 0.05) is 17.8 Å². The van der Waals surface area contributed by atoms with Crippen molar-refractivity contribution in [3.05, 3.63) is 113 Å². The molecular formula is C28H23FN4O4. The second kappa shape index (κ2) is 10.1. The molecule has 37 heavy (non-hydrogen) atoms. The Labute approximate surface area is 212 Å². The van der Waals surface area contributed by atoms with Gasteiger partial charge in [-0.2, -0.15) is 4.98 Å². The zero-order valence-electron chi connectivity index (χ0n) is 19.6. The molecule has 3 N–H and O–H groups in total. The fourth-order valence-electron chi connectivity index (χ4n) is 4.40. The van der Waals surface area contributed by atoms with Gasteiger partial charge in [0.2, 0.25) is 5.75 Å². The van der Waals surface area contributed by atoms with Crippen LogP contribution < -0.4 is 10.2 Å². The molecule has 9 heteroatoms. The smallest absolute Gasteiger partial charge is 0.274 e. The molecule has 0 fully saturated rings. The van der Waals surface area contributed by atoms with Crippen molar-refractivity contribution >= 4 is 17.5 Å². The molecule has 2 heterocycles. The van der Waals surface area contributed by atoms with Crippen LogP contribution in [0.3, 0.4) is 0 Å². The summed E-state index contributed by atoms with van der Waals surface area (Å²) < 4.78 is 13.2. The van der Waals surface area contributed by atoms with Crippen LogP contribution in [0.2, 0.25) is 0 Å². The lowest BCUT2D eigenvalue weighted by atomic mass is 9.94. The van der Waals surface area contributed by atoms with E-state index < -0.39 is 35.1 Å². The predicted molar refractivity (Wildman–Crippen MR) is 134 cm³/mol. The van der Waals surface area contributed by atoms with Crippen LogP contribution in [0.4, 0.5) is 10.1 Å². The minimum Gasteiger partial charge on any atom is -0.501 e. The van der Waals surface area contributed by atoms with Crippen molar-refractivity contribution in [3.63, 3.8) is 0 Å². The number of amides is 2. The number of carbonyl (C=O) groups is 2. The minimum absolute atomic E-state index is 0.0287. The van der Waals surface area contributed by atoms with Gasteiger partial charge in [0.25, 0.3) is 17.7 Å². The molecule has 186 valence electrons. The highest BCUT2D eigenvalue weighted by molar-refractivity contribution is 6.07. The van der Waals surface area contributed by atoms with Gasteiger partial charge in [0.05, 0.1) is 6.04 Å². The van der Waals surface area contributed by atoms with E-state index in [1.165, 1.54) is 24.3 Å². The normalized spacial score (nSPS) is 14.6. The first kappa shape index (κ1) is 23.9. The SMILES string of the molecule is O=C(NCc1ccc(F)cc1)c1nc(C2CCc3ccccc3N2C(=O)c2ccccc2)nc(O)c1O. The summed E-state index contributed by atoms with van der Waals surface area (Å²) in [6.07, 6.45) is 1.06. The van der Waals surface area contributed by atoms with E-state index in [2.05, 4.69) is 15.3 Å². The Bertz CT molecular complexity index is 1460. The van der Waals surface area contributed by atoms with Crippen molar-refractivity contribution < 1.29 is 24.2 Å². The standard InChI is InChI=1S/C28H23FN4O4/c29-20-13-10-17(11-14-20)16-30-26(35)23-24(34)27(36)32-25(31-23)22-15-12-18-6-4-5-9-21(18)33(22)28(37)19-7-2-1-3-8-19/h1-11,13-14,22,34H,12,15-16H2,(H,30,35)(H,31,32,36). The number of anilines is 1. The average molecular weight is 499 g/mol. The fourth-order valence-corrected chi connectivity index (χ4v) is 4.40. The van der Waals surface area contributed by atoms with E-state index in [0.29, 0.717) is 29.7 Å². The maximum absolute atomic E-state index is 13.7. The molecule has 0 bridgehead atoms. The lowest BCUT2D eigenvalue weighted by Gasteiger charge is -2.36. The van der Waals surface area contributed by atoms with Crippen LogP contribution in [-0.2, 0) is 13.0 Å². The number of aryl methyl sites for hydroxylation is 1. The van der Waals surface area contributed by atoms with Crippen molar-refractivity contribution in [1.29, 1.82) is 0 Å². The van der Waals surface area contributed by atoms with Gasteiger partial charge < -0.3 is 15.5 Å². The topological polar surface area (TPSA) is 116 Å². The van der Waals surface area contributed by atoms with Crippen molar-refractivity contribution in [2.24, 2.45) is 0 Å². The monoisotopic (exact) mass is 498 g/mol. The third-order valence-electron chi connectivity index (χ3n) is 6.25. The number of hydrogen-bond acceptors (Lipinski definition) is 6. The van der Waals surface area contributed by atoms with Crippen molar-refractivity contribution in [1.82, 2.24) is 15.3 Å². The van der Waals surface area contributed by atoms with E-state index >= 15 is 0 Å². The molecule has 2 amide bonds. The van der Waals surface area contributed by atoms with Crippen LogP contribution in [-0.4, -0.2) is 32.0 Å². The van der Waals surface area contributed by atoms with Gasteiger partial charge in [-0.3, -0.25) is 14.5 Å². The van der Waals surface area contributed by atoms with Gasteiger partial charge in [0.1, 0.15) is 5.82 Å². The summed E-state index contributed by atoms with van der Waals surface area (Å²) in [5.74, 6) is -2.93. The molecule has 1 aromatic heterocycles. The van der Waals surface area contributed by atoms with Crippen molar-refractivity contribution in [2.75, 3.05) is 4.90 Å². The first-order valence-electron chi connectivity index (χ1n) is 11.7. The molecule has 0 radical (unpaired) electrons. The molecule has 1 atom stereocenters. The van der Waals surface area contributed by atoms with Crippen LogP contribution in [0, 0.1) is 5.82 Å². The van der Waals surface area contributed by atoms with Gasteiger partial charge in [-0.15, -0.1) is 0 Å². The van der Waals surface area contributed by atoms with E-state index in [9.17, 15) is 24.2 Å². The Morgan fingerprint density at radius 1 is 0.946 bits per heavy atom. The van der Waals surface area contributed by atoms with Crippen LogP contribution in [0.15, 0.2) is 78.9 Å². The van der Waals surface area contributed by atoms with E-state index in [1.807, 2.05) is 30.3 Å². The van der Waals surface area contributed by atoms with Gasteiger partial charge >= 0.3 is 0 Å². The lowest BCUT2D eigenvalue weighted by Crippen LogP contribution is -2.39. The number of aromatic hydroxyl groups is 2. The summed E-state index contributed by atoms with van der Waals surface area (Å²) in [6.45, 7) is 0.0497. The quantitative estimate of drug-likeness (QED) is 0.378. The lowest BCUT2D eigenvalue weighted by molar-refractivity contribution is 0.0941. The first-order chi connectivity index (χ1) is 17.9. The van der Waals surface area contributed by atoms with Crippen molar-refractivity contribution in [2.45, 2.75) is 25.4 Å². The molecule has 3 aromatic carbocycles. The largest absolute Gasteiger partial charge is 0.501 e. The molecule has 5 rings (SSSR count). The number of rotatable bonds is 5. The van der Waals surface area contributed by atoms with Crippen LogP contribution in [0.1, 0.15) is 50.3 Å². The summed E-state index contributed by atoms with van der Waals surface area (Å²) in [5.41, 5.74) is 2.34. The number of halogens is 1. The predicted octanol–water partition coefficient (Wildman–Crippen LogP) is 4.29. The Morgan fingerprint density at radius 2 is 1.65 bits per heavy atom. The molecular weight excluding hydrogens is 475 g/mol. The number of benzene rings is 3. The zero-order chi connectivity index (χ0) is 25.9. The Balaban J connectivity index is 1.50. The molecule has 4 aromatic rings. The molecule has 8 nitrogen and oxygen atoms in total. The van der Waals surface area contributed by atoms with E-state index in [-0.39, 0.29) is 18.3 Å². The Morgan fingerprint density at radius 3 is 2.41 bits per heavy atom. The second-order valence-corrected chi connectivity index (χ2v) is 8.64. The maximum atomic E-state index is 13.7. The first-order valence-corrected chi connectivity index (χ1v) is 11.7. The fraction of sp³-hybridized carbons (Fsp3) is 0.143. The molecule has 0 saturated heterocycles. The third kappa shape index (κ3) is 4.84. The summed E-state index contributed by atoms with van der Waals surface area (Å²) >= 11 is 0. The third-order valence-corrected chi connectivity index (χ3v) is 6.25. The van der Waals surface area contributed by atoms with Gasteiger partial charge in [0.15, 0.2) is 11.5 Å². The maximum Gasteiger partial charge on any atom is 0.274 e. The highest BCUT2D eigenvalue weighted by Gasteiger charge is 2.35. The number of nitrogens with zero attached hydrogens (tertiary/aromatic N) is 3. The Hall–Kier alpha value is -4.79. The Kier molecular flexibility index (Phi) is 6.51. The van der Waals surface area contributed by atoms with Gasteiger partial charge in [-0.25, -0.2) is 9.37 Å². The molecule has 0 spiro atoms. The molecule has 1 aliphatic rings. The highest BCUT2D eigenvalue weighted by Crippen LogP contribution is 2.40. The number of aromatic nitrogens is 2. The molecule has 1 unspecified atom stereocenters. The molecule has 0 aliphatic carbocycles. The summed E-state index contributed by atoms with van der Waals surface area (Å²) in [4.78, 5) is 36.5. The van der Waals surface area contributed by atoms with Crippen LogP contribution >= 0.6 is 0 Å². The minimum atomic E-state index is -0.766. The van der Waals surface area contributed by atoms with E-state index in [4.69, 9.17) is 0 Å². The average Bonchev–Trinajstić information content (AvgIpc) is 2.93. The summed E-state index contributed by atoms with van der Waals surface area (Å²) in [6, 6.07) is 21.2. The molecule has 1 aliphatic heterocycles. The van der Waals surface area contributed by atoms with Gasteiger partial charge in [-0.1, -0.05) is 48.5 Å². The highest BCUT2D eigenvalue weighted by atomic mass is 19.1. The molecule has 0 saturated carbocycles. The van der Waals surface area contributed by atoms with E-state index in [1.54, 1.807) is 29.2 Å². The summed E-state index contributed by atoms with van der Waals surface area (Å²) in [5, 5.41) is 23.4. The number of nitrogens with one attached hydrogen (secondary N) is 1. The number of hydrogen-bond donors (Lipinski definition) is 3. The van der Waals surface area contributed by atoms with Crippen LogP contribution in [0.25, 0.3) is 0 Å². The van der Waals surface area contributed by atoms with E-state index in [0.717, 1.165) is 5.56 Å². The number of para-hydroxylation sites is 1. The zero-order valence-corrected chi connectivity index (χ0v) is 19.6. The number of carbonyl (C=O) groups excluding carboxylic acids is 2.